The van der Waals surface area contributed by atoms with E-state index in [4.69, 9.17) is 5.11 Å². The van der Waals surface area contributed by atoms with Gasteiger partial charge >= 0.3 is 5.97 Å². The van der Waals surface area contributed by atoms with Gasteiger partial charge in [0.2, 0.25) is 0 Å². The van der Waals surface area contributed by atoms with Crippen LogP contribution in [0.25, 0.3) is 5.57 Å². The number of benzene rings is 1. The topological polar surface area (TPSA) is 37.3 Å². The standard InChI is InChI=1S/C9H7IO2/c1-6(9(11)12)7-3-2-4-8(10)5-7/h2-5H,1H2,(H,11,12). The molecule has 0 unspecified atom stereocenters. The van der Waals surface area contributed by atoms with Crippen LogP contribution in [0.5, 0.6) is 0 Å². The maximum atomic E-state index is 10.5. The first-order valence-corrected chi connectivity index (χ1v) is 4.37. The zero-order chi connectivity index (χ0) is 9.14. The Morgan fingerprint density at radius 2 is 2.17 bits per heavy atom. The molecule has 1 aromatic rings. The van der Waals surface area contributed by atoms with Gasteiger partial charge in [-0.15, -0.1) is 0 Å². The van der Waals surface area contributed by atoms with Crippen molar-refractivity contribution in [2.24, 2.45) is 0 Å². The Morgan fingerprint density at radius 3 is 2.67 bits per heavy atom. The van der Waals surface area contributed by atoms with Crippen LogP contribution in [-0.2, 0) is 4.79 Å². The molecule has 0 atom stereocenters. The number of rotatable bonds is 2. The summed E-state index contributed by atoms with van der Waals surface area (Å²) in [6.45, 7) is 3.46. The van der Waals surface area contributed by atoms with Gasteiger partial charge in [0.1, 0.15) is 0 Å². The van der Waals surface area contributed by atoms with Gasteiger partial charge in [-0.1, -0.05) is 18.7 Å². The lowest BCUT2D eigenvalue weighted by Gasteiger charge is -1.99. The molecule has 0 fully saturated rings. The SMILES string of the molecule is C=C(C(=O)O)c1cccc(I)c1. The Bertz CT molecular complexity index is 331. The number of hydrogen-bond donors (Lipinski definition) is 1. The minimum atomic E-state index is -0.975. The van der Waals surface area contributed by atoms with Crippen LogP contribution in [-0.4, -0.2) is 11.1 Å². The molecule has 1 N–H and O–H groups in total. The molecule has 1 rings (SSSR count). The molecule has 3 heteroatoms. The van der Waals surface area contributed by atoms with E-state index >= 15 is 0 Å². The molecule has 0 saturated carbocycles. The van der Waals surface area contributed by atoms with E-state index in [-0.39, 0.29) is 5.57 Å². The molecule has 0 amide bonds. The summed E-state index contributed by atoms with van der Waals surface area (Å²) < 4.78 is 1.01. The van der Waals surface area contributed by atoms with Crippen molar-refractivity contribution in [1.29, 1.82) is 0 Å². The minimum Gasteiger partial charge on any atom is -0.478 e. The second-order valence-electron chi connectivity index (χ2n) is 2.29. The van der Waals surface area contributed by atoms with Crippen LogP contribution in [0.15, 0.2) is 30.8 Å². The molecule has 0 aromatic heterocycles. The van der Waals surface area contributed by atoms with Crippen molar-refractivity contribution in [1.82, 2.24) is 0 Å². The zero-order valence-electron chi connectivity index (χ0n) is 6.25. The lowest BCUT2D eigenvalue weighted by Crippen LogP contribution is -1.97. The number of carbonyl (C=O) groups is 1. The summed E-state index contributed by atoms with van der Waals surface area (Å²) in [5.41, 5.74) is 0.794. The van der Waals surface area contributed by atoms with Gasteiger partial charge in [0, 0.05) is 3.57 Å². The summed E-state index contributed by atoms with van der Waals surface area (Å²) >= 11 is 2.13. The molecule has 0 aliphatic heterocycles. The maximum absolute atomic E-state index is 10.5. The number of hydrogen-bond acceptors (Lipinski definition) is 1. The second-order valence-corrected chi connectivity index (χ2v) is 3.54. The van der Waals surface area contributed by atoms with E-state index in [0.717, 1.165) is 3.57 Å². The zero-order valence-corrected chi connectivity index (χ0v) is 8.41. The van der Waals surface area contributed by atoms with Crippen molar-refractivity contribution in [2.75, 3.05) is 0 Å². The van der Waals surface area contributed by atoms with Crippen LogP contribution in [0, 0.1) is 3.57 Å². The summed E-state index contributed by atoms with van der Waals surface area (Å²) in [6.07, 6.45) is 0. The lowest BCUT2D eigenvalue weighted by atomic mass is 10.1. The Kier molecular flexibility index (Phi) is 2.86. The molecule has 0 saturated heterocycles. The predicted molar refractivity (Wildman–Crippen MR) is 55.8 cm³/mol. The van der Waals surface area contributed by atoms with Crippen LogP contribution in [0.1, 0.15) is 5.56 Å². The van der Waals surface area contributed by atoms with Gasteiger partial charge in [-0.25, -0.2) is 4.79 Å². The van der Waals surface area contributed by atoms with Crippen LogP contribution >= 0.6 is 22.6 Å². The highest BCUT2D eigenvalue weighted by atomic mass is 127. The maximum Gasteiger partial charge on any atom is 0.335 e. The summed E-state index contributed by atoms with van der Waals surface area (Å²) in [5.74, 6) is -0.975. The fraction of sp³-hybridized carbons (Fsp3) is 0. The molecule has 0 spiro atoms. The minimum absolute atomic E-state index is 0.133. The largest absolute Gasteiger partial charge is 0.478 e. The molecule has 0 radical (unpaired) electrons. The van der Waals surface area contributed by atoms with Gasteiger partial charge in [0.15, 0.2) is 0 Å². The fourth-order valence-corrected chi connectivity index (χ4v) is 1.34. The smallest absolute Gasteiger partial charge is 0.335 e. The van der Waals surface area contributed by atoms with Gasteiger partial charge < -0.3 is 5.11 Å². The molecular formula is C9H7IO2. The van der Waals surface area contributed by atoms with Gasteiger partial charge in [0.05, 0.1) is 5.57 Å². The van der Waals surface area contributed by atoms with E-state index < -0.39 is 5.97 Å². The molecule has 1 aromatic carbocycles. The summed E-state index contributed by atoms with van der Waals surface area (Å²) in [5, 5.41) is 8.62. The van der Waals surface area contributed by atoms with E-state index in [1.54, 1.807) is 12.1 Å². The van der Waals surface area contributed by atoms with Crippen LogP contribution in [0.4, 0.5) is 0 Å². The molecule has 2 nitrogen and oxygen atoms in total. The van der Waals surface area contributed by atoms with Crippen molar-refractivity contribution in [3.63, 3.8) is 0 Å². The van der Waals surface area contributed by atoms with Crippen molar-refractivity contribution in [3.8, 4) is 0 Å². The van der Waals surface area contributed by atoms with Crippen LogP contribution < -0.4 is 0 Å². The molecular weight excluding hydrogens is 267 g/mol. The van der Waals surface area contributed by atoms with Crippen molar-refractivity contribution in [2.45, 2.75) is 0 Å². The van der Waals surface area contributed by atoms with Gasteiger partial charge in [-0.05, 0) is 40.3 Å². The van der Waals surface area contributed by atoms with E-state index in [1.807, 2.05) is 12.1 Å². The number of halogens is 1. The first kappa shape index (κ1) is 9.25. The number of carboxylic acids is 1. The Labute approximate surface area is 84.1 Å². The van der Waals surface area contributed by atoms with E-state index in [0.29, 0.717) is 5.56 Å². The van der Waals surface area contributed by atoms with E-state index in [1.165, 1.54) is 0 Å². The quantitative estimate of drug-likeness (QED) is 0.664. The van der Waals surface area contributed by atoms with Crippen molar-refractivity contribution >= 4 is 34.1 Å². The average Bonchev–Trinajstić information content (AvgIpc) is 2.03. The second kappa shape index (κ2) is 3.71. The highest BCUT2D eigenvalue weighted by Gasteiger charge is 2.06. The monoisotopic (exact) mass is 274 g/mol. The number of carboxylic acid groups (broad SMARTS) is 1. The molecule has 0 aliphatic rings. The third-order valence-electron chi connectivity index (χ3n) is 1.43. The van der Waals surface area contributed by atoms with Crippen LogP contribution in [0.3, 0.4) is 0 Å². The van der Waals surface area contributed by atoms with Crippen LogP contribution in [0.2, 0.25) is 0 Å². The molecule has 0 aliphatic carbocycles. The van der Waals surface area contributed by atoms with Gasteiger partial charge in [-0.3, -0.25) is 0 Å². The predicted octanol–water partition coefficient (Wildman–Crippen LogP) is 2.39. The van der Waals surface area contributed by atoms with Crippen molar-refractivity contribution in [3.05, 3.63) is 40.0 Å². The van der Waals surface area contributed by atoms with E-state index in [2.05, 4.69) is 29.2 Å². The Hall–Kier alpha value is -0.840. The molecule has 0 bridgehead atoms. The highest BCUT2D eigenvalue weighted by Crippen LogP contribution is 2.15. The summed E-state index contributed by atoms with van der Waals surface area (Å²) in [4.78, 5) is 10.5. The Balaban J connectivity index is 3.04. The fourth-order valence-electron chi connectivity index (χ4n) is 0.800. The third kappa shape index (κ3) is 2.07. The molecule has 12 heavy (non-hydrogen) atoms. The van der Waals surface area contributed by atoms with Gasteiger partial charge in [0.25, 0.3) is 0 Å². The number of aliphatic carboxylic acids is 1. The lowest BCUT2D eigenvalue weighted by molar-refractivity contribution is -0.130. The molecule has 0 heterocycles. The summed E-state index contributed by atoms with van der Waals surface area (Å²) in [6, 6.07) is 7.24. The summed E-state index contributed by atoms with van der Waals surface area (Å²) in [7, 11) is 0. The molecule has 62 valence electrons. The highest BCUT2D eigenvalue weighted by molar-refractivity contribution is 14.1. The van der Waals surface area contributed by atoms with Gasteiger partial charge in [-0.2, -0.15) is 0 Å². The van der Waals surface area contributed by atoms with Crippen molar-refractivity contribution < 1.29 is 9.90 Å². The van der Waals surface area contributed by atoms with E-state index in [9.17, 15) is 4.79 Å². The average molecular weight is 274 g/mol. The first-order valence-electron chi connectivity index (χ1n) is 3.29. The Morgan fingerprint density at radius 1 is 1.50 bits per heavy atom. The first-order chi connectivity index (χ1) is 5.61. The normalized spacial score (nSPS) is 9.42. The third-order valence-corrected chi connectivity index (χ3v) is 2.10.